The predicted molar refractivity (Wildman–Crippen MR) is 74.6 cm³/mol. The molecule has 0 saturated carbocycles. The maximum atomic E-state index is 11.9. The largest absolute Gasteiger partial charge is 0.508 e. The molecule has 0 aromatic heterocycles. The van der Waals surface area contributed by atoms with E-state index in [1.54, 1.807) is 18.2 Å². The lowest BCUT2D eigenvalue weighted by atomic mass is 10.1. The molecule has 0 bridgehead atoms. The molecule has 0 fully saturated rings. The first-order chi connectivity index (χ1) is 9.06. The summed E-state index contributed by atoms with van der Waals surface area (Å²) in [5.74, 6) is -0.270. The van der Waals surface area contributed by atoms with E-state index in [1.807, 2.05) is 0 Å². The molecule has 0 saturated heterocycles. The van der Waals surface area contributed by atoms with E-state index in [0.717, 1.165) is 0 Å². The molecular formula is C15H11ClO3. The highest BCUT2D eigenvalue weighted by atomic mass is 35.5. The third-order valence-electron chi connectivity index (χ3n) is 2.52. The summed E-state index contributed by atoms with van der Waals surface area (Å²) < 4.78 is 0. The Bertz CT molecular complexity index is 627. The van der Waals surface area contributed by atoms with Crippen molar-refractivity contribution in [3.63, 3.8) is 0 Å². The minimum absolute atomic E-state index is 0.0631. The molecule has 0 radical (unpaired) electrons. The average molecular weight is 275 g/mol. The fourth-order valence-corrected chi connectivity index (χ4v) is 1.84. The SMILES string of the molecule is O=C(C=Cc1ccccc1O)c1cc(O)cc(Cl)c1. The van der Waals surface area contributed by atoms with Gasteiger partial charge in [0.25, 0.3) is 0 Å². The number of aromatic hydroxyl groups is 2. The molecule has 0 atom stereocenters. The quantitative estimate of drug-likeness (QED) is 0.663. The monoisotopic (exact) mass is 274 g/mol. The first kappa shape index (κ1) is 13.2. The van der Waals surface area contributed by atoms with Crippen LogP contribution in [0.3, 0.4) is 0 Å². The van der Waals surface area contributed by atoms with Crippen molar-refractivity contribution in [2.75, 3.05) is 0 Å². The molecule has 96 valence electrons. The van der Waals surface area contributed by atoms with Crippen molar-refractivity contribution in [3.05, 3.63) is 64.7 Å². The van der Waals surface area contributed by atoms with Crippen LogP contribution in [0.25, 0.3) is 6.08 Å². The van der Waals surface area contributed by atoms with Crippen LogP contribution >= 0.6 is 11.6 Å². The van der Waals surface area contributed by atoms with Crippen LogP contribution in [0.2, 0.25) is 5.02 Å². The van der Waals surface area contributed by atoms with E-state index >= 15 is 0 Å². The van der Waals surface area contributed by atoms with Gasteiger partial charge in [0, 0.05) is 16.1 Å². The zero-order valence-electron chi connectivity index (χ0n) is 9.88. The molecule has 0 aliphatic heterocycles. The Kier molecular flexibility index (Phi) is 3.88. The second kappa shape index (κ2) is 5.59. The summed E-state index contributed by atoms with van der Waals surface area (Å²) in [5, 5.41) is 19.2. The number of rotatable bonds is 3. The van der Waals surface area contributed by atoms with Crippen molar-refractivity contribution in [1.29, 1.82) is 0 Å². The van der Waals surface area contributed by atoms with E-state index in [1.165, 1.54) is 36.4 Å². The molecule has 2 rings (SSSR count). The lowest BCUT2D eigenvalue weighted by Crippen LogP contribution is -1.93. The maximum absolute atomic E-state index is 11.9. The first-order valence-electron chi connectivity index (χ1n) is 5.56. The van der Waals surface area contributed by atoms with Gasteiger partial charge in [-0.2, -0.15) is 0 Å². The molecule has 2 aromatic carbocycles. The predicted octanol–water partition coefficient (Wildman–Crippen LogP) is 3.65. The van der Waals surface area contributed by atoms with Gasteiger partial charge in [0.1, 0.15) is 11.5 Å². The second-order valence-corrected chi connectivity index (χ2v) is 4.39. The molecule has 2 aromatic rings. The zero-order chi connectivity index (χ0) is 13.8. The van der Waals surface area contributed by atoms with Crippen LogP contribution in [0.4, 0.5) is 0 Å². The number of hydrogen-bond acceptors (Lipinski definition) is 3. The number of phenolic OH excluding ortho intramolecular Hbond substituents is 2. The Balaban J connectivity index is 2.24. The van der Waals surface area contributed by atoms with Crippen LogP contribution in [-0.4, -0.2) is 16.0 Å². The van der Waals surface area contributed by atoms with Gasteiger partial charge in [-0.3, -0.25) is 4.79 Å². The van der Waals surface area contributed by atoms with Crippen molar-refractivity contribution < 1.29 is 15.0 Å². The van der Waals surface area contributed by atoms with Crippen LogP contribution in [0.15, 0.2) is 48.5 Å². The van der Waals surface area contributed by atoms with Crippen molar-refractivity contribution in [1.82, 2.24) is 0 Å². The Morgan fingerprint density at radius 1 is 1.11 bits per heavy atom. The molecule has 0 unspecified atom stereocenters. The second-order valence-electron chi connectivity index (χ2n) is 3.95. The highest BCUT2D eigenvalue weighted by Gasteiger charge is 2.05. The lowest BCUT2D eigenvalue weighted by molar-refractivity contribution is 0.104. The molecule has 4 heteroatoms. The number of carbonyl (C=O) groups is 1. The number of benzene rings is 2. The topological polar surface area (TPSA) is 57.5 Å². The molecule has 0 heterocycles. The number of para-hydroxylation sites is 1. The van der Waals surface area contributed by atoms with Gasteiger partial charge in [0.05, 0.1) is 0 Å². The zero-order valence-corrected chi connectivity index (χ0v) is 10.6. The van der Waals surface area contributed by atoms with E-state index in [-0.39, 0.29) is 22.8 Å². The number of halogens is 1. The number of hydrogen-bond donors (Lipinski definition) is 2. The van der Waals surface area contributed by atoms with Gasteiger partial charge in [-0.15, -0.1) is 0 Å². The van der Waals surface area contributed by atoms with Crippen molar-refractivity contribution in [2.45, 2.75) is 0 Å². The molecule has 0 aliphatic carbocycles. The fraction of sp³-hybridized carbons (Fsp3) is 0. The number of allylic oxidation sites excluding steroid dienone is 1. The third kappa shape index (κ3) is 3.36. The van der Waals surface area contributed by atoms with E-state index < -0.39 is 0 Å². The van der Waals surface area contributed by atoms with Crippen molar-refractivity contribution in [2.24, 2.45) is 0 Å². The molecule has 0 spiro atoms. The van der Waals surface area contributed by atoms with E-state index in [9.17, 15) is 15.0 Å². The fourth-order valence-electron chi connectivity index (χ4n) is 1.61. The summed E-state index contributed by atoms with van der Waals surface area (Å²) >= 11 is 5.76. The first-order valence-corrected chi connectivity index (χ1v) is 5.94. The summed E-state index contributed by atoms with van der Waals surface area (Å²) in [5.41, 5.74) is 0.832. The normalized spacial score (nSPS) is 10.8. The average Bonchev–Trinajstić information content (AvgIpc) is 2.36. The van der Waals surface area contributed by atoms with Crippen LogP contribution in [0.5, 0.6) is 11.5 Å². The Labute approximate surface area is 115 Å². The maximum Gasteiger partial charge on any atom is 0.186 e. The highest BCUT2D eigenvalue weighted by molar-refractivity contribution is 6.31. The highest BCUT2D eigenvalue weighted by Crippen LogP contribution is 2.21. The van der Waals surface area contributed by atoms with Crippen LogP contribution in [0, 0.1) is 0 Å². The molecule has 3 nitrogen and oxygen atoms in total. The van der Waals surface area contributed by atoms with Crippen LogP contribution < -0.4 is 0 Å². The molecule has 0 aliphatic rings. The number of ketones is 1. The van der Waals surface area contributed by atoms with E-state index in [2.05, 4.69) is 0 Å². The van der Waals surface area contributed by atoms with E-state index in [4.69, 9.17) is 11.6 Å². The number of phenols is 2. The summed E-state index contributed by atoms with van der Waals surface area (Å²) in [6.07, 6.45) is 2.83. The summed E-state index contributed by atoms with van der Waals surface area (Å²) in [6, 6.07) is 10.8. The molecular weight excluding hydrogens is 264 g/mol. The lowest BCUT2D eigenvalue weighted by Gasteiger charge is -2.00. The van der Waals surface area contributed by atoms with Crippen molar-refractivity contribution >= 4 is 23.5 Å². The summed E-state index contributed by atoms with van der Waals surface area (Å²) in [7, 11) is 0. The van der Waals surface area contributed by atoms with Gasteiger partial charge in [-0.25, -0.2) is 0 Å². The van der Waals surface area contributed by atoms with Gasteiger partial charge in [-0.1, -0.05) is 29.8 Å². The van der Waals surface area contributed by atoms with E-state index in [0.29, 0.717) is 10.6 Å². The minimum Gasteiger partial charge on any atom is -0.508 e. The smallest absolute Gasteiger partial charge is 0.186 e. The van der Waals surface area contributed by atoms with Gasteiger partial charge in [0.15, 0.2) is 5.78 Å². The Morgan fingerprint density at radius 2 is 1.84 bits per heavy atom. The molecule has 0 amide bonds. The van der Waals surface area contributed by atoms with Gasteiger partial charge in [-0.05, 0) is 36.4 Å². The van der Waals surface area contributed by atoms with Crippen LogP contribution in [0.1, 0.15) is 15.9 Å². The van der Waals surface area contributed by atoms with Gasteiger partial charge in [0.2, 0.25) is 0 Å². The Hall–Kier alpha value is -2.26. The third-order valence-corrected chi connectivity index (χ3v) is 2.74. The van der Waals surface area contributed by atoms with Gasteiger partial charge >= 0.3 is 0 Å². The minimum atomic E-state index is -0.305. The number of carbonyl (C=O) groups excluding carboxylic acids is 1. The van der Waals surface area contributed by atoms with Gasteiger partial charge < -0.3 is 10.2 Å². The molecule has 19 heavy (non-hydrogen) atoms. The Morgan fingerprint density at radius 3 is 2.53 bits per heavy atom. The summed E-state index contributed by atoms with van der Waals surface area (Å²) in [6.45, 7) is 0. The standard InChI is InChI=1S/C15H11ClO3/c16-12-7-11(8-13(17)9-12)15(19)6-5-10-3-1-2-4-14(10)18/h1-9,17-18H. The van der Waals surface area contributed by atoms with Crippen LogP contribution in [-0.2, 0) is 0 Å². The summed E-state index contributed by atoms with van der Waals surface area (Å²) in [4.78, 5) is 11.9. The molecule has 2 N–H and O–H groups in total. The van der Waals surface area contributed by atoms with Crippen molar-refractivity contribution in [3.8, 4) is 11.5 Å².